The van der Waals surface area contributed by atoms with Crippen LogP contribution in [0.25, 0.3) is 0 Å². The number of phenols is 1. The molecule has 1 N–H and O–H groups in total. The number of aromatic hydroxyl groups is 1. The van der Waals surface area contributed by atoms with Crippen molar-refractivity contribution in [2.45, 2.75) is 0 Å². The summed E-state index contributed by atoms with van der Waals surface area (Å²) in [5, 5.41) is 9.24. The summed E-state index contributed by atoms with van der Waals surface area (Å²) in [6, 6.07) is 3.67. The second kappa shape index (κ2) is 3.67. The summed E-state index contributed by atoms with van der Waals surface area (Å²) >= 11 is 0. The maximum Gasteiger partial charge on any atom is 0.306 e. The average Bonchev–Trinajstić information content (AvgIpc) is 2.06. The Morgan fingerprint density at radius 1 is 1.43 bits per heavy atom. The lowest BCUT2D eigenvalue weighted by atomic mass is 10.2. The number of carbonyl (C=O) groups excluding carboxylic acids is 1. The molecule has 0 bridgehead atoms. The lowest BCUT2D eigenvalue weighted by Crippen LogP contribution is -2.05. The molecule has 1 aromatic carbocycles. The monoisotopic (exact) mass is 216 g/mol. The third-order valence-corrected chi connectivity index (χ3v) is 1.84. The first-order valence-electron chi connectivity index (χ1n) is 3.60. The Bertz CT molecular complexity index is 449. The molecule has 0 amide bonds. The van der Waals surface area contributed by atoms with Crippen LogP contribution in [0.15, 0.2) is 18.2 Å². The van der Waals surface area contributed by atoms with Gasteiger partial charge in [-0.05, 0) is 18.2 Å². The highest BCUT2D eigenvalue weighted by Gasteiger charge is 2.09. The van der Waals surface area contributed by atoms with E-state index in [4.69, 9.17) is 0 Å². The zero-order valence-electron chi connectivity index (χ0n) is 7.30. The van der Waals surface area contributed by atoms with Crippen LogP contribution in [0.4, 0.5) is 0 Å². The van der Waals surface area contributed by atoms with Crippen LogP contribution in [0.3, 0.4) is 0 Å². The summed E-state index contributed by atoms with van der Waals surface area (Å²) in [5.41, 5.74) is 0.239. The maximum atomic E-state index is 10.7. The molecule has 0 atom stereocenters. The molecule has 0 radical (unpaired) electrons. The third kappa shape index (κ3) is 2.74. The topological polar surface area (TPSA) is 80.7 Å². The molecular weight excluding hydrogens is 208 g/mol. The van der Waals surface area contributed by atoms with Crippen molar-refractivity contribution < 1.29 is 22.5 Å². The fourth-order valence-corrected chi connectivity index (χ4v) is 1.31. The van der Waals surface area contributed by atoms with Gasteiger partial charge in [-0.25, -0.2) is 0 Å². The van der Waals surface area contributed by atoms with E-state index in [0.717, 1.165) is 12.3 Å². The zero-order valence-corrected chi connectivity index (χ0v) is 8.11. The Labute approximate surface area is 81.1 Å². The first kappa shape index (κ1) is 10.5. The van der Waals surface area contributed by atoms with Crippen molar-refractivity contribution in [3.05, 3.63) is 23.8 Å². The Hall–Kier alpha value is -1.56. The molecule has 1 rings (SSSR count). The Balaban J connectivity index is 3.07. The summed E-state index contributed by atoms with van der Waals surface area (Å²) in [6.45, 7) is 0. The van der Waals surface area contributed by atoms with Crippen molar-refractivity contribution in [2.75, 3.05) is 6.26 Å². The summed E-state index contributed by atoms with van der Waals surface area (Å²) in [6.07, 6.45) is 1.39. The highest BCUT2D eigenvalue weighted by atomic mass is 32.2. The second-order valence-corrected chi connectivity index (χ2v) is 4.21. The Morgan fingerprint density at radius 2 is 2.07 bits per heavy atom. The van der Waals surface area contributed by atoms with E-state index in [1.54, 1.807) is 0 Å². The largest absolute Gasteiger partial charge is 0.504 e. The van der Waals surface area contributed by atoms with Crippen molar-refractivity contribution in [1.82, 2.24) is 0 Å². The van der Waals surface area contributed by atoms with E-state index < -0.39 is 10.1 Å². The van der Waals surface area contributed by atoms with Gasteiger partial charge in [0.2, 0.25) is 0 Å². The predicted molar refractivity (Wildman–Crippen MR) is 49.0 cm³/mol. The summed E-state index contributed by atoms with van der Waals surface area (Å²) in [4.78, 5) is 10.3. The lowest BCUT2D eigenvalue weighted by Gasteiger charge is -2.04. The molecule has 1 aromatic rings. The molecule has 6 heteroatoms. The SMILES string of the molecule is CS(=O)(=O)Oc1ccc(C=O)cc1O. The molecule has 0 fully saturated rings. The molecule has 0 aliphatic rings. The fourth-order valence-electron chi connectivity index (χ4n) is 0.841. The third-order valence-electron chi connectivity index (χ3n) is 1.36. The highest BCUT2D eigenvalue weighted by Crippen LogP contribution is 2.27. The van der Waals surface area contributed by atoms with Crippen LogP contribution in [-0.4, -0.2) is 26.1 Å². The van der Waals surface area contributed by atoms with Crippen molar-refractivity contribution in [1.29, 1.82) is 0 Å². The van der Waals surface area contributed by atoms with Gasteiger partial charge >= 0.3 is 10.1 Å². The fraction of sp³-hybridized carbons (Fsp3) is 0.125. The van der Waals surface area contributed by atoms with Crippen LogP contribution in [0.5, 0.6) is 11.5 Å². The molecule has 0 spiro atoms. The second-order valence-electron chi connectivity index (χ2n) is 2.63. The zero-order chi connectivity index (χ0) is 10.8. The molecule has 5 nitrogen and oxygen atoms in total. The van der Waals surface area contributed by atoms with Gasteiger partial charge in [-0.15, -0.1) is 0 Å². The van der Waals surface area contributed by atoms with Crippen LogP contribution < -0.4 is 4.18 Å². The van der Waals surface area contributed by atoms with Crippen LogP contribution in [0.2, 0.25) is 0 Å². The lowest BCUT2D eigenvalue weighted by molar-refractivity contribution is 0.112. The van der Waals surface area contributed by atoms with E-state index in [1.165, 1.54) is 12.1 Å². The number of phenolic OH excluding ortho intramolecular Hbond substituents is 1. The minimum atomic E-state index is -3.67. The molecule has 0 saturated carbocycles. The van der Waals surface area contributed by atoms with Crippen LogP contribution >= 0.6 is 0 Å². The van der Waals surface area contributed by atoms with Crippen LogP contribution in [0.1, 0.15) is 10.4 Å². The van der Waals surface area contributed by atoms with E-state index in [0.29, 0.717) is 6.29 Å². The number of benzene rings is 1. The molecule has 14 heavy (non-hydrogen) atoms. The van der Waals surface area contributed by atoms with Crippen molar-refractivity contribution in [3.63, 3.8) is 0 Å². The minimum Gasteiger partial charge on any atom is -0.504 e. The van der Waals surface area contributed by atoms with Crippen LogP contribution in [-0.2, 0) is 10.1 Å². The van der Waals surface area contributed by atoms with Gasteiger partial charge in [0.15, 0.2) is 11.5 Å². The number of hydrogen-bond donors (Lipinski definition) is 1. The normalized spacial score (nSPS) is 10.9. The first-order valence-corrected chi connectivity index (χ1v) is 5.41. The van der Waals surface area contributed by atoms with Gasteiger partial charge in [0.25, 0.3) is 0 Å². The Kier molecular flexibility index (Phi) is 2.76. The number of aldehydes is 1. The maximum absolute atomic E-state index is 10.7. The predicted octanol–water partition coefficient (Wildman–Crippen LogP) is 0.543. The standard InChI is InChI=1S/C8H8O5S/c1-14(11,12)13-8-3-2-6(5-9)4-7(8)10/h2-5,10H,1H3. The summed E-state index contributed by atoms with van der Waals surface area (Å²) in [7, 11) is -3.67. The van der Waals surface area contributed by atoms with Gasteiger partial charge in [-0.2, -0.15) is 8.42 Å². The van der Waals surface area contributed by atoms with E-state index in [9.17, 15) is 18.3 Å². The molecule has 0 heterocycles. The summed E-state index contributed by atoms with van der Waals surface area (Å²) in [5.74, 6) is -0.585. The van der Waals surface area contributed by atoms with Crippen molar-refractivity contribution in [3.8, 4) is 11.5 Å². The quantitative estimate of drug-likeness (QED) is 0.589. The van der Waals surface area contributed by atoms with E-state index >= 15 is 0 Å². The smallest absolute Gasteiger partial charge is 0.306 e. The molecule has 76 valence electrons. The summed E-state index contributed by atoms with van der Waals surface area (Å²) < 4.78 is 25.8. The highest BCUT2D eigenvalue weighted by molar-refractivity contribution is 7.86. The molecule has 0 aliphatic carbocycles. The van der Waals surface area contributed by atoms with E-state index in [1.807, 2.05) is 0 Å². The van der Waals surface area contributed by atoms with Gasteiger partial charge in [-0.3, -0.25) is 4.79 Å². The van der Waals surface area contributed by atoms with E-state index in [-0.39, 0.29) is 17.1 Å². The van der Waals surface area contributed by atoms with Gasteiger partial charge < -0.3 is 9.29 Å². The Morgan fingerprint density at radius 3 is 2.50 bits per heavy atom. The van der Waals surface area contributed by atoms with Gasteiger partial charge in [0.1, 0.15) is 6.29 Å². The van der Waals surface area contributed by atoms with Gasteiger partial charge in [-0.1, -0.05) is 0 Å². The van der Waals surface area contributed by atoms with Gasteiger partial charge in [0.05, 0.1) is 6.26 Å². The average molecular weight is 216 g/mol. The molecule has 0 unspecified atom stereocenters. The number of carbonyl (C=O) groups is 1. The van der Waals surface area contributed by atoms with Crippen molar-refractivity contribution in [2.24, 2.45) is 0 Å². The number of hydrogen-bond acceptors (Lipinski definition) is 5. The van der Waals surface area contributed by atoms with Gasteiger partial charge in [0, 0.05) is 5.56 Å². The molecule has 0 aromatic heterocycles. The minimum absolute atomic E-state index is 0.196. The first-order chi connectivity index (χ1) is 6.42. The van der Waals surface area contributed by atoms with Crippen LogP contribution in [0, 0.1) is 0 Å². The number of rotatable bonds is 3. The molecular formula is C8H8O5S. The molecule has 0 saturated heterocycles. The van der Waals surface area contributed by atoms with Crippen molar-refractivity contribution >= 4 is 16.4 Å². The molecule has 0 aliphatic heterocycles. The van der Waals surface area contributed by atoms with E-state index in [2.05, 4.69) is 4.18 Å².